The number of methoxy groups -OCH3 is 1. The number of aryl methyl sites for hydroxylation is 1. The Labute approximate surface area is 96.1 Å². The maximum Gasteiger partial charge on any atom is 0.217 e. The van der Waals surface area contributed by atoms with E-state index in [0.29, 0.717) is 6.54 Å². The Morgan fingerprint density at radius 1 is 1.44 bits per heavy atom. The molecule has 0 saturated carbocycles. The average molecular weight is 219 g/mol. The smallest absolute Gasteiger partial charge is 0.217 e. The van der Waals surface area contributed by atoms with Gasteiger partial charge in [-0.25, -0.2) is 0 Å². The SMILES string of the molecule is COc1cc(C)cc(C=CCNC(C)=O)c1. The highest BCUT2D eigenvalue weighted by atomic mass is 16.5. The lowest BCUT2D eigenvalue weighted by Gasteiger charge is -2.03. The molecule has 1 amide bonds. The summed E-state index contributed by atoms with van der Waals surface area (Å²) in [6, 6.07) is 6.00. The van der Waals surface area contributed by atoms with E-state index in [1.54, 1.807) is 7.11 Å². The summed E-state index contributed by atoms with van der Waals surface area (Å²) in [7, 11) is 1.65. The molecule has 1 rings (SSSR count). The lowest BCUT2D eigenvalue weighted by atomic mass is 10.1. The maximum absolute atomic E-state index is 10.6. The molecular formula is C13H17NO2. The van der Waals surface area contributed by atoms with Gasteiger partial charge in [-0.2, -0.15) is 0 Å². The second-order valence-electron chi connectivity index (χ2n) is 3.62. The summed E-state index contributed by atoms with van der Waals surface area (Å²) in [6.45, 7) is 4.07. The standard InChI is InChI=1S/C13H17NO2/c1-10-7-12(9-13(8-10)16-3)5-4-6-14-11(2)15/h4-5,7-9H,6H2,1-3H3,(H,14,15). The Bertz CT molecular complexity index is 397. The first kappa shape index (κ1) is 12.3. The summed E-state index contributed by atoms with van der Waals surface area (Å²) in [4.78, 5) is 10.6. The Hall–Kier alpha value is -1.77. The Balaban J connectivity index is 2.65. The molecule has 0 aliphatic heterocycles. The first-order valence-electron chi connectivity index (χ1n) is 5.18. The van der Waals surface area contributed by atoms with Crippen molar-refractivity contribution in [2.45, 2.75) is 13.8 Å². The van der Waals surface area contributed by atoms with Crippen LogP contribution in [-0.2, 0) is 4.79 Å². The number of ether oxygens (including phenoxy) is 1. The van der Waals surface area contributed by atoms with Crippen molar-refractivity contribution in [1.29, 1.82) is 0 Å². The number of carbonyl (C=O) groups excluding carboxylic acids is 1. The topological polar surface area (TPSA) is 38.3 Å². The molecule has 3 heteroatoms. The van der Waals surface area contributed by atoms with E-state index in [0.717, 1.165) is 16.9 Å². The summed E-state index contributed by atoms with van der Waals surface area (Å²) in [5.74, 6) is 0.825. The number of nitrogens with one attached hydrogen (secondary N) is 1. The summed E-state index contributed by atoms with van der Waals surface area (Å²) >= 11 is 0. The van der Waals surface area contributed by atoms with E-state index in [9.17, 15) is 4.79 Å². The molecule has 1 N–H and O–H groups in total. The Morgan fingerprint density at radius 3 is 2.81 bits per heavy atom. The summed E-state index contributed by atoms with van der Waals surface area (Å²) in [5.41, 5.74) is 2.22. The van der Waals surface area contributed by atoms with E-state index in [1.807, 2.05) is 31.2 Å². The van der Waals surface area contributed by atoms with Gasteiger partial charge in [0, 0.05) is 13.5 Å². The molecule has 86 valence electrons. The van der Waals surface area contributed by atoms with Crippen LogP contribution in [0.3, 0.4) is 0 Å². The lowest BCUT2D eigenvalue weighted by molar-refractivity contribution is -0.118. The van der Waals surface area contributed by atoms with Crippen LogP contribution in [0.5, 0.6) is 5.75 Å². The fourth-order valence-corrected chi connectivity index (χ4v) is 1.39. The van der Waals surface area contributed by atoms with Crippen LogP contribution < -0.4 is 10.1 Å². The summed E-state index contributed by atoms with van der Waals surface area (Å²) < 4.78 is 5.18. The quantitative estimate of drug-likeness (QED) is 0.842. The highest BCUT2D eigenvalue weighted by Crippen LogP contribution is 2.17. The molecule has 3 nitrogen and oxygen atoms in total. The third kappa shape index (κ3) is 4.17. The molecule has 0 fully saturated rings. The fourth-order valence-electron chi connectivity index (χ4n) is 1.39. The molecule has 0 heterocycles. The van der Waals surface area contributed by atoms with Crippen LogP contribution in [-0.4, -0.2) is 19.6 Å². The van der Waals surface area contributed by atoms with Gasteiger partial charge >= 0.3 is 0 Å². The van der Waals surface area contributed by atoms with Crippen molar-refractivity contribution in [2.75, 3.05) is 13.7 Å². The molecule has 0 atom stereocenters. The number of hydrogen-bond acceptors (Lipinski definition) is 2. The van der Waals surface area contributed by atoms with Crippen LogP contribution >= 0.6 is 0 Å². The van der Waals surface area contributed by atoms with Crippen molar-refractivity contribution < 1.29 is 9.53 Å². The lowest BCUT2D eigenvalue weighted by Crippen LogP contribution is -2.19. The van der Waals surface area contributed by atoms with Crippen LogP contribution in [0, 0.1) is 6.92 Å². The van der Waals surface area contributed by atoms with Crippen LogP contribution in [0.4, 0.5) is 0 Å². The van der Waals surface area contributed by atoms with Crippen molar-refractivity contribution in [3.05, 3.63) is 35.4 Å². The molecule has 0 aromatic heterocycles. The van der Waals surface area contributed by atoms with Gasteiger partial charge in [-0.05, 0) is 30.2 Å². The summed E-state index contributed by atoms with van der Waals surface area (Å²) in [5, 5.41) is 2.70. The van der Waals surface area contributed by atoms with Crippen LogP contribution in [0.15, 0.2) is 24.3 Å². The van der Waals surface area contributed by atoms with Crippen molar-refractivity contribution in [2.24, 2.45) is 0 Å². The van der Waals surface area contributed by atoms with Gasteiger partial charge in [0.15, 0.2) is 0 Å². The average Bonchev–Trinajstić information content (AvgIpc) is 2.23. The zero-order chi connectivity index (χ0) is 12.0. The monoisotopic (exact) mass is 219 g/mol. The van der Waals surface area contributed by atoms with E-state index in [4.69, 9.17) is 4.74 Å². The predicted molar refractivity (Wildman–Crippen MR) is 65.4 cm³/mol. The van der Waals surface area contributed by atoms with Crippen molar-refractivity contribution in [3.8, 4) is 5.75 Å². The zero-order valence-electron chi connectivity index (χ0n) is 9.91. The predicted octanol–water partition coefficient (Wildman–Crippen LogP) is 2.15. The molecule has 0 saturated heterocycles. The minimum absolute atomic E-state index is 0.0218. The van der Waals surface area contributed by atoms with Gasteiger partial charge in [0.2, 0.25) is 5.91 Å². The Morgan fingerprint density at radius 2 is 2.19 bits per heavy atom. The van der Waals surface area contributed by atoms with Crippen molar-refractivity contribution >= 4 is 12.0 Å². The van der Waals surface area contributed by atoms with Gasteiger partial charge in [0.25, 0.3) is 0 Å². The van der Waals surface area contributed by atoms with Gasteiger partial charge in [0.1, 0.15) is 5.75 Å². The third-order valence-electron chi connectivity index (χ3n) is 2.09. The molecule has 16 heavy (non-hydrogen) atoms. The molecule has 0 unspecified atom stereocenters. The molecule has 1 aromatic rings. The maximum atomic E-state index is 10.6. The second kappa shape index (κ2) is 5.95. The van der Waals surface area contributed by atoms with E-state index in [2.05, 4.69) is 11.4 Å². The summed E-state index contributed by atoms with van der Waals surface area (Å²) in [6.07, 6.45) is 3.88. The molecule has 0 aliphatic rings. The van der Waals surface area contributed by atoms with Crippen LogP contribution in [0.2, 0.25) is 0 Å². The van der Waals surface area contributed by atoms with Gasteiger partial charge in [-0.1, -0.05) is 18.2 Å². The minimum atomic E-state index is -0.0218. The first-order valence-corrected chi connectivity index (χ1v) is 5.18. The van der Waals surface area contributed by atoms with E-state index in [-0.39, 0.29) is 5.91 Å². The van der Waals surface area contributed by atoms with Crippen LogP contribution in [0.1, 0.15) is 18.1 Å². The normalized spacial score (nSPS) is 10.4. The highest BCUT2D eigenvalue weighted by Gasteiger charge is 1.95. The number of rotatable bonds is 4. The fraction of sp³-hybridized carbons (Fsp3) is 0.308. The van der Waals surface area contributed by atoms with Crippen molar-refractivity contribution in [3.63, 3.8) is 0 Å². The first-order chi connectivity index (χ1) is 7.61. The van der Waals surface area contributed by atoms with Gasteiger partial charge in [0.05, 0.1) is 7.11 Å². The second-order valence-corrected chi connectivity index (χ2v) is 3.62. The molecule has 0 spiro atoms. The number of amides is 1. The minimum Gasteiger partial charge on any atom is -0.497 e. The number of benzene rings is 1. The van der Waals surface area contributed by atoms with Crippen LogP contribution in [0.25, 0.3) is 6.08 Å². The third-order valence-corrected chi connectivity index (χ3v) is 2.09. The molecule has 0 bridgehead atoms. The van der Waals surface area contributed by atoms with E-state index < -0.39 is 0 Å². The van der Waals surface area contributed by atoms with Gasteiger partial charge < -0.3 is 10.1 Å². The van der Waals surface area contributed by atoms with E-state index in [1.165, 1.54) is 6.92 Å². The van der Waals surface area contributed by atoms with Gasteiger partial charge in [-0.15, -0.1) is 0 Å². The highest BCUT2D eigenvalue weighted by molar-refractivity contribution is 5.73. The molecule has 0 aliphatic carbocycles. The number of hydrogen-bond donors (Lipinski definition) is 1. The molecular weight excluding hydrogens is 202 g/mol. The molecule has 1 aromatic carbocycles. The van der Waals surface area contributed by atoms with Crippen molar-refractivity contribution in [1.82, 2.24) is 5.32 Å². The zero-order valence-corrected chi connectivity index (χ0v) is 9.91. The Kier molecular flexibility index (Phi) is 4.58. The van der Waals surface area contributed by atoms with Gasteiger partial charge in [-0.3, -0.25) is 4.79 Å². The molecule has 0 radical (unpaired) electrons. The van der Waals surface area contributed by atoms with E-state index >= 15 is 0 Å². The number of carbonyl (C=O) groups is 1. The largest absolute Gasteiger partial charge is 0.497 e.